The summed E-state index contributed by atoms with van der Waals surface area (Å²) in [6, 6.07) is 0. The van der Waals surface area contributed by atoms with Crippen molar-refractivity contribution in [3.8, 4) is 0 Å². The first-order valence-electron chi connectivity index (χ1n) is 6.39. The van der Waals surface area contributed by atoms with E-state index < -0.39 is 5.97 Å². The highest BCUT2D eigenvalue weighted by molar-refractivity contribution is 8.00. The molecule has 0 aliphatic rings. The number of nitrogens with zero attached hydrogens (tertiary/aromatic N) is 3. The number of thioether (sulfide) groups is 1. The van der Waals surface area contributed by atoms with Crippen molar-refractivity contribution in [3.05, 3.63) is 22.4 Å². The molecule has 0 amide bonds. The van der Waals surface area contributed by atoms with Gasteiger partial charge in [-0.2, -0.15) is 0 Å². The number of thiazole rings is 1. The van der Waals surface area contributed by atoms with Crippen molar-refractivity contribution in [2.45, 2.75) is 49.6 Å². The fourth-order valence-electron chi connectivity index (χ4n) is 1.50. The van der Waals surface area contributed by atoms with Crippen LogP contribution in [0.1, 0.15) is 43.1 Å². The van der Waals surface area contributed by atoms with Gasteiger partial charge in [0.05, 0.1) is 17.9 Å². The Hall–Kier alpha value is -1.41. The third kappa shape index (κ3) is 4.28. The molecule has 114 valence electrons. The molecule has 0 spiro atoms. The van der Waals surface area contributed by atoms with Crippen LogP contribution in [0.4, 0.5) is 0 Å². The summed E-state index contributed by atoms with van der Waals surface area (Å²) in [6.07, 6.45) is 0.0127. The predicted molar refractivity (Wildman–Crippen MR) is 80.7 cm³/mol. The molecule has 0 fully saturated rings. The lowest BCUT2D eigenvalue weighted by Gasteiger charge is -2.10. The van der Waals surface area contributed by atoms with Crippen molar-refractivity contribution in [1.82, 2.24) is 15.2 Å². The van der Waals surface area contributed by atoms with Crippen LogP contribution in [0.2, 0.25) is 0 Å². The minimum Gasteiger partial charge on any atom is -0.481 e. The van der Waals surface area contributed by atoms with E-state index in [1.54, 1.807) is 0 Å². The maximum atomic E-state index is 10.7. The van der Waals surface area contributed by atoms with Gasteiger partial charge in [-0.3, -0.25) is 4.79 Å². The molecule has 0 saturated heterocycles. The second-order valence-electron chi connectivity index (χ2n) is 5.60. The topological polar surface area (TPSA) is 89.1 Å². The second-order valence-corrected chi connectivity index (χ2v) is 7.90. The van der Waals surface area contributed by atoms with Crippen LogP contribution < -0.4 is 0 Å². The Balaban J connectivity index is 2.00. The molecule has 2 aromatic rings. The number of carboxylic acid groups (broad SMARTS) is 1. The highest BCUT2D eigenvalue weighted by Gasteiger charge is 2.21. The van der Waals surface area contributed by atoms with E-state index in [1.165, 1.54) is 23.1 Å². The molecule has 0 aromatic carbocycles. The minimum atomic E-state index is -0.843. The molecule has 0 bridgehead atoms. The highest BCUT2D eigenvalue weighted by Crippen LogP contribution is 2.30. The maximum Gasteiger partial charge on any atom is 0.308 e. The Morgan fingerprint density at radius 2 is 2.10 bits per heavy atom. The van der Waals surface area contributed by atoms with Gasteiger partial charge in [-0.1, -0.05) is 32.5 Å². The van der Waals surface area contributed by atoms with Gasteiger partial charge in [-0.15, -0.1) is 21.5 Å². The molecule has 0 saturated carbocycles. The van der Waals surface area contributed by atoms with Gasteiger partial charge in [0.1, 0.15) is 0 Å². The van der Waals surface area contributed by atoms with E-state index in [4.69, 9.17) is 9.52 Å². The first-order chi connectivity index (χ1) is 9.75. The molecule has 6 nitrogen and oxygen atoms in total. The summed E-state index contributed by atoms with van der Waals surface area (Å²) >= 11 is 2.88. The summed E-state index contributed by atoms with van der Waals surface area (Å²) in [4.78, 5) is 15.9. The van der Waals surface area contributed by atoms with Crippen molar-refractivity contribution >= 4 is 29.1 Å². The van der Waals surface area contributed by atoms with Crippen LogP contribution >= 0.6 is 23.1 Å². The van der Waals surface area contributed by atoms with Crippen LogP contribution in [-0.4, -0.2) is 26.3 Å². The normalized spacial score (nSPS) is 11.8. The summed E-state index contributed by atoms with van der Waals surface area (Å²) in [5.74, 6) is 0.852. The Labute approximate surface area is 131 Å². The summed E-state index contributed by atoms with van der Waals surface area (Å²) in [5, 5.41) is 16.9. The van der Waals surface area contributed by atoms with Crippen molar-refractivity contribution < 1.29 is 14.3 Å². The SMILES string of the molecule is Cc1nc(SCc2nnc(C(C)(C)C)o2)sc1CC(=O)O. The third-order valence-corrected chi connectivity index (χ3v) is 4.90. The standard InChI is InChI=1S/C13H17N3O3S2/c1-7-8(5-10(17)18)21-12(14-7)20-6-9-15-16-11(19-9)13(2,3)4/h5-6H2,1-4H3,(H,17,18). The Kier molecular flexibility index (Phi) is 4.67. The average Bonchev–Trinajstić information content (AvgIpc) is 2.93. The maximum absolute atomic E-state index is 10.7. The zero-order valence-electron chi connectivity index (χ0n) is 12.3. The van der Waals surface area contributed by atoms with Crippen LogP contribution in [-0.2, 0) is 22.4 Å². The monoisotopic (exact) mass is 327 g/mol. The largest absolute Gasteiger partial charge is 0.481 e. The Morgan fingerprint density at radius 1 is 1.38 bits per heavy atom. The first kappa shape index (κ1) is 16.0. The molecule has 0 aliphatic carbocycles. The molecule has 21 heavy (non-hydrogen) atoms. The van der Waals surface area contributed by atoms with E-state index in [0.717, 1.165) is 14.9 Å². The molecule has 2 rings (SSSR count). The van der Waals surface area contributed by atoms with Crippen LogP contribution in [0, 0.1) is 6.92 Å². The number of hydrogen-bond donors (Lipinski definition) is 1. The molecule has 0 atom stereocenters. The van der Waals surface area contributed by atoms with Crippen molar-refractivity contribution in [1.29, 1.82) is 0 Å². The third-order valence-electron chi connectivity index (χ3n) is 2.61. The van der Waals surface area contributed by atoms with E-state index in [2.05, 4.69) is 15.2 Å². The van der Waals surface area contributed by atoms with E-state index in [9.17, 15) is 4.79 Å². The van der Waals surface area contributed by atoms with Gasteiger partial charge >= 0.3 is 5.97 Å². The summed E-state index contributed by atoms with van der Waals surface area (Å²) < 4.78 is 6.43. The zero-order chi connectivity index (χ0) is 15.6. The lowest BCUT2D eigenvalue weighted by Crippen LogP contribution is -2.11. The van der Waals surface area contributed by atoms with Crippen molar-refractivity contribution in [2.24, 2.45) is 0 Å². The van der Waals surface area contributed by atoms with Gasteiger partial charge in [0.25, 0.3) is 0 Å². The number of hydrogen-bond acceptors (Lipinski definition) is 7. The van der Waals surface area contributed by atoms with Crippen molar-refractivity contribution in [3.63, 3.8) is 0 Å². The number of aryl methyl sites for hydroxylation is 1. The fraction of sp³-hybridized carbons (Fsp3) is 0.538. The first-order valence-corrected chi connectivity index (χ1v) is 8.19. The zero-order valence-corrected chi connectivity index (χ0v) is 14.0. The summed E-state index contributed by atoms with van der Waals surface area (Å²) in [5.41, 5.74) is 0.605. The quantitative estimate of drug-likeness (QED) is 0.844. The smallest absolute Gasteiger partial charge is 0.308 e. The van der Waals surface area contributed by atoms with Gasteiger partial charge in [-0.25, -0.2) is 4.98 Å². The second kappa shape index (κ2) is 6.15. The van der Waals surface area contributed by atoms with E-state index >= 15 is 0 Å². The molecular formula is C13H17N3O3S2. The number of carbonyl (C=O) groups is 1. The Morgan fingerprint density at radius 3 is 2.67 bits per heavy atom. The van der Waals surface area contributed by atoms with Gasteiger partial charge in [0, 0.05) is 10.3 Å². The number of carboxylic acids is 1. The molecular weight excluding hydrogens is 310 g/mol. The van der Waals surface area contributed by atoms with Crippen LogP contribution in [0.3, 0.4) is 0 Å². The fourth-order valence-corrected chi connectivity index (χ4v) is 3.56. The average molecular weight is 327 g/mol. The Bertz CT molecular complexity index is 643. The highest BCUT2D eigenvalue weighted by atomic mass is 32.2. The van der Waals surface area contributed by atoms with Crippen LogP contribution in [0.15, 0.2) is 8.76 Å². The van der Waals surface area contributed by atoms with Gasteiger partial charge in [-0.05, 0) is 6.92 Å². The minimum absolute atomic E-state index is 0.0127. The molecule has 0 radical (unpaired) electrons. The molecule has 0 unspecified atom stereocenters. The van der Waals surface area contributed by atoms with Crippen molar-refractivity contribution in [2.75, 3.05) is 0 Å². The van der Waals surface area contributed by atoms with E-state index in [0.29, 0.717) is 17.5 Å². The molecule has 0 aliphatic heterocycles. The predicted octanol–water partition coefficient (Wildman–Crippen LogP) is 3.05. The van der Waals surface area contributed by atoms with Gasteiger partial charge in [0.15, 0.2) is 4.34 Å². The summed E-state index contributed by atoms with van der Waals surface area (Å²) in [7, 11) is 0. The number of rotatable bonds is 5. The lowest BCUT2D eigenvalue weighted by atomic mass is 9.97. The van der Waals surface area contributed by atoms with Crippen LogP contribution in [0.5, 0.6) is 0 Å². The number of aliphatic carboxylic acids is 1. The molecule has 8 heteroatoms. The molecule has 2 heterocycles. The van der Waals surface area contributed by atoms with Gasteiger partial charge < -0.3 is 9.52 Å². The summed E-state index contributed by atoms with van der Waals surface area (Å²) in [6.45, 7) is 7.86. The lowest BCUT2D eigenvalue weighted by molar-refractivity contribution is -0.136. The van der Waals surface area contributed by atoms with E-state index in [1.807, 2.05) is 27.7 Å². The van der Waals surface area contributed by atoms with Gasteiger partial charge in [0.2, 0.25) is 11.8 Å². The van der Waals surface area contributed by atoms with E-state index in [-0.39, 0.29) is 11.8 Å². The molecule has 1 N–H and O–H groups in total. The van der Waals surface area contributed by atoms with Crippen LogP contribution in [0.25, 0.3) is 0 Å². The number of aromatic nitrogens is 3. The molecule has 2 aromatic heterocycles.